The Hall–Kier alpha value is -2.45. The zero-order valence-corrected chi connectivity index (χ0v) is 15.1. The Morgan fingerprint density at radius 3 is 1.76 bits per heavy atom. The molecule has 1 N–H and O–H groups in total. The highest BCUT2D eigenvalue weighted by atomic mass is 32.2. The molecule has 6 nitrogen and oxygen atoms in total. The Balaban J connectivity index is 2.16. The maximum absolute atomic E-state index is 11.5. The molecule has 3 rings (SSSR count). The topological polar surface area (TPSA) is 88.9 Å². The summed E-state index contributed by atoms with van der Waals surface area (Å²) in [5.74, 6) is -0.999. The van der Waals surface area contributed by atoms with Crippen LogP contribution >= 0.6 is 23.5 Å². The van der Waals surface area contributed by atoms with E-state index in [1.807, 2.05) is 18.6 Å². The van der Waals surface area contributed by atoms with Gasteiger partial charge in [-0.1, -0.05) is 23.5 Å². The molecule has 0 spiro atoms. The first-order chi connectivity index (χ1) is 12.1. The Labute approximate surface area is 153 Å². The number of rotatable bonds is 5. The van der Waals surface area contributed by atoms with Crippen molar-refractivity contribution in [2.24, 2.45) is 0 Å². The molecule has 0 amide bonds. The fraction of sp³-hybridized carbons (Fsp3) is 0.118. The second kappa shape index (κ2) is 7.62. The minimum absolute atomic E-state index is 0.182. The van der Waals surface area contributed by atoms with Crippen LogP contribution in [0.25, 0.3) is 22.5 Å². The maximum Gasteiger partial charge on any atom is 0.335 e. The SMILES string of the molecule is CSc1nccc(-c2cc(C(=O)O)cc(-c3ccnc(SC)n3)c2)n1. The van der Waals surface area contributed by atoms with Gasteiger partial charge in [-0.05, 0) is 42.8 Å². The van der Waals surface area contributed by atoms with E-state index in [1.54, 1.807) is 36.7 Å². The van der Waals surface area contributed by atoms with Crippen LogP contribution in [0, 0.1) is 0 Å². The molecule has 0 bridgehead atoms. The Morgan fingerprint density at radius 1 is 0.880 bits per heavy atom. The summed E-state index contributed by atoms with van der Waals surface area (Å²) in [7, 11) is 0. The molecule has 0 saturated carbocycles. The van der Waals surface area contributed by atoms with Crippen LogP contribution in [-0.4, -0.2) is 43.5 Å². The molecule has 3 aromatic rings. The van der Waals surface area contributed by atoms with E-state index >= 15 is 0 Å². The molecule has 25 heavy (non-hydrogen) atoms. The summed E-state index contributed by atoms with van der Waals surface area (Å²) in [6, 6.07) is 8.62. The summed E-state index contributed by atoms with van der Waals surface area (Å²) >= 11 is 2.86. The molecular formula is C17H14N4O2S2. The van der Waals surface area contributed by atoms with Crippen molar-refractivity contribution in [3.63, 3.8) is 0 Å². The van der Waals surface area contributed by atoms with Gasteiger partial charge < -0.3 is 5.11 Å². The molecule has 0 radical (unpaired) electrons. The van der Waals surface area contributed by atoms with E-state index in [-0.39, 0.29) is 5.56 Å². The smallest absolute Gasteiger partial charge is 0.335 e. The molecule has 0 aliphatic heterocycles. The average molecular weight is 370 g/mol. The summed E-state index contributed by atoms with van der Waals surface area (Å²) in [6.45, 7) is 0. The molecule has 0 fully saturated rings. The predicted octanol–water partition coefficient (Wildman–Crippen LogP) is 3.74. The monoisotopic (exact) mass is 370 g/mol. The van der Waals surface area contributed by atoms with E-state index in [1.165, 1.54) is 23.5 Å². The quantitative estimate of drug-likeness (QED) is 0.537. The Bertz CT molecular complexity index is 868. The van der Waals surface area contributed by atoms with Crippen molar-refractivity contribution in [2.75, 3.05) is 12.5 Å². The molecule has 2 heterocycles. The lowest BCUT2D eigenvalue weighted by Gasteiger charge is -2.08. The zero-order valence-electron chi connectivity index (χ0n) is 13.5. The van der Waals surface area contributed by atoms with Crippen LogP contribution in [0.2, 0.25) is 0 Å². The predicted molar refractivity (Wildman–Crippen MR) is 99.0 cm³/mol. The molecule has 0 saturated heterocycles. The van der Waals surface area contributed by atoms with Gasteiger partial charge in [-0.15, -0.1) is 0 Å². The first kappa shape index (κ1) is 17.4. The van der Waals surface area contributed by atoms with Gasteiger partial charge in [0.1, 0.15) is 0 Å². The highest BCUT2D eigenvalue weighted by Gasteiger charge is 2.12. The number of nitrogens with zero attached hydrogens (tertiary/aromatic N) is 4. The second-order valence-electron chi connectivity index (χ2n) is 4.96. The van der Waals surface area contributed by atoms with Crippen LogP contribution in [0.3, 0.4) is 0 Å². The van der Waals surface area contributed by atoms with E-state index < -0.39 is 5.97 Å². The van der Waals surface area contributed by atoms with E-state index in [9.17, 15) is 9.90 Å². The number of hydrogen-bond acceptors (Lipinski definition) is 7. The van der Waals surface area contributed by atoms with Crippen LogP contribution in [-0.2, 0) is 0 Å². The molecule has 0 aliphatic carbocycles. The van der Waals surface area contributed by atoms with Crippen molar-refractivity contribution in [1.29, 1.82) is 0 Å². The van der Waals surface area contributed by atoms with Crippen molar-refractivity contribution < 1.29 is 9.90 Å². The van der Waals surface area contributed by atoms with Gasteiger partial charge in [-0.2, -0.15) is 0 Å². The van der Waals surface area contributed by atoms with Crippen LogP contribution < -0.4 is 0 Å². The third-order valence-corrected chi connectivity index (χ3v) is 4.53. The highest BCUT2D eigenvalue weighted by Crippen LogP contribution is 2.28. The molecule has 8 heteroatoms. The average Bonchev–Trinajstić information content (AvgIpc) is 2.67. The summed E-state index contributed by atoms with van der Waals surface area (Å²) in [6.07, 6.45) is 7.11. The zero-order chi connectivity index (χ0) is 17.8. The van der Waals surface area contributed by atoms with Gasteiger partial charge in [-0.3, -0.25) is 0 Å². The number of carbonyl (C=O) groups is 1. The van der Waals surface area contributed by atoms with Crippen molar-refractivity contribution in [3.8, 4) is 22.5 Å². The van der Waals surface area contributed by atoms with E-state index in [2.05, 4.69) is 19.9 Å². The van der Waals surface area contributed by atoms with Gasteiger partial charge in [0.2, 0.25) is 0 Å². The Kier molecular flexibility index (Phi) is 5.30. The van der Waals surface area contributed by atoms with Crippen molar-refractivity contribution in [1.82, 2.24) is 19.9 Å². The highest BCUT2D eigenvalue weighted by molar-refractivity contribution is 7.98. The summed E-state index contributed by atoms with van der Waals surface area (Å²) in [4.78, 5) is 28.8. The fourth-order valence-electron chi connectivity index (χ4n) is 2.25. The maximum atomic E-state index is 11.5. The van der Waals surface area contributed by atoms with Crippen LogP contribution in [0.4, 0.5) is 0 Å². The van der Waals surface area contributed by atoms with Gasteiger partial charge in [0.15, 0.2) is 10.3 Å². The normalized spacial score (nSPS) is 10.6. The van der Waals surface area contributed by atoms with Gasteiger partial charge in [0, 0.05) is 23.5 Å². The lowest BCUT2D eigenvalue weighted by Crippen LogP contribution is -1.99. The summed E-state index contributed by atoms with van der Waals surface area (Å²) < 4.78 is 0. The lowest BCUT2D eigenvalue weighted by molar-refractivity contribution is 0.0697. The van der Waals surface area contributed by atoms with Gasteiger partial charge in [0.25, 0.3) is 0 Å². The number of hydrogen-bond donors (Lipinski definition) is 1. The standard InChI is InChI=1S/C17H14N4O2S2/c1-24-16-18-5-3-13(20-16)10-7-11(9-12(8-10)15(22)23)14-4-6-19-17(21-14)25-2/h3-9H,1-2H3,(H,22,23). The number of aromatic carboxylic acids is 1. The fourth-order valence-corrected chi connectivity index (χ4v) is 2.96. The van der Waals surface area contributed by atoms with Gasteiger partial charge in [-0.25, -0.2) is 24.7 Å². The van der Waals surface area contributed by atoms with Crippen LogP contribution in [0.5, 0.6) is 0 Å². The van der Waals surface area contributed by atoms with Crippen molar-refractivity contribution >= 4 is 29.5 Å². The van der Waals surface area contributed by atoms with Gasteiger partial charge in [0.05, 0.1) is 17.0 Å². The van der Waals surface area contributed by atoms with E-state index in [4.69, 9.17) is 0 Å². The largest absolute Gasteiger partial charge is 0.478 e. The van der Waals surface area contributed by atoms with Crippen LogP contribution in [0.15, 0.2) is 53.0 Å². The first-order valence-corrected chi connectivity index (χ1v) is 9.69. The number of benzene rings is 1. The van der Waals surface area contributed by atoms with Crippen LogP contribution in [0.1, 0.15) is 10.4 Å². The van der Waals surface area contributed by atoms with Crippen molar-refractivity contribution in [3.05, 3.63) is 48.3 Å². The summed E-state index contributed by atoms with van der Waals surface area (Å²) in [5, 5.41) is 10.7. The number of thioether (sulfide) groups is 2. The third-order valence-electron chi connectivity index (χ3n) is 3.40. The van der Waals surface area contributed by atoms with E-state index in [0.29, 0.717) is 32.8 Å². The third kappa shape index (κ3) is 3.97. The molecule has 126 valence electrons. The minimum atomic E-state index is -0.999. The van der Waals surface area contributed by atoms with Gasteiger partial charge >= 0.3 is 5.97 Å². The lowest BCUT2D eigenvalue weighted by atomic mass is 10.0. The molecule has 0 unspecified atom stereocenters. The minimum Gasteiger partial charge on any atom is -0.478 e. The molecule has 0 atom stereocenters. The Morgan fingerprint density at radius 2 is 1.36 bits per heavy atom. The first-order valence-electron chi connectivity index (χ1n) is 7.24. The number of aromatic nitrogens is 4. The number of carboxylic acids is 1. The van der Waals surface area contributed by atoms with E-state index in [0.717, 1.165) is 0 Å². The molecule has 0 aliphatic rings. The summed E-state index contributed by atoms with van der Waals surface area (Å²) in [5.41, 5.74) is 2.93. The van der Waals surface area contributed by atoms with Crippen molar-refractivity contribution in [2.45, 2.75) is 10.3 Å². The number of carboxylic acid groups (broad SMARTS) is 1. The molecule has 2 aromatic heterocycles. The second-order valence-corrected chi connectivity index (χ2v) is 6.51. The molecule has 1 aromatic carbocycles. The molecular weight excluding hydrogens is 356 g/mol.